The van der Waals surface area contributed by atoms with Gasteiger partial charge in [-0.05, 0) is 50.2 Å². The third-order valence-electron chi connectivity index (χ3n) is 3.30. The van der Waals surface area contributed by atoms with Gasteiger partial charge in [0.1, 0.15) is 0 Å². The first kappa shape index (κ1) is 15.8. The van der Waals surface area contributed by atoms with Crippen molar-refractivity contribution in [2.45, 2.75) is 25.7 Å². The summed E-state index contributed by atoms with van der Waals surface area (Å²) in [5.74, 6) is 0.0744. The van der Waals surface area contributed by atoms with Gasteiger partial charge in [-0.25, -0.2) is 0 Å². The maximum atomic E-state index is 11.8. The molecule has 1 amide bonds. The van der Waals surface area contributed by atoms with Crippen LogP contribution in [0.15, 0.2) is 24.3 Å². The summed E-state index contributed by atoms with van der Waals surface area (Å²) < 4.78 is 0. The average molecular weight is 284 g/mol. The van der Waals surface area contributed by atoms with E-state index in [0.29, 0.717) is 12.1 Å². The van der Waals surface area contributed by atoms with Gasteiger partial charge >= 0.3 is 0 Å². The second kappa shape index (κ2) is 8.02. The molecule has 1 aromatic carbocycles. The minimum Gasteiger partial charge on any atom is -0.399 e. The Morgan fingerprint density at radius 3 is 2.42 bits per heavy atom. The first-order chi connectivity index (χ1) is 8.74. The van der Waals surface area contributed by atoms with Crippen LogP contribution in [0.2, 0.25) is 0 Å². The standard InChI is InChI=1S/C14H21N3O.ClH/c15-12-4-6-13(7-5-12)16-14(18)8-11-17-9-2-1-3-10-17;/h4-7H,1-3,8-11,15H2,(H,16,18);1H. The average Bonchev–Trinajstić information content (AvgIpc) is 2.40. The predicted octanol–water partition coefficient (Wildman–Crippen LogP) is 2.51. The molecule has 0 spiro atoms. The quantitative estimate of drug-likeness (QED) is 0.835. The number of nitrogens with two attached hydrogens (primary N) is 1. The van der Waals surface area contributed by atoms with E-state index in [4.69, 9.17) is 5.73 Å². The van der Waals surface area contributed by atoms with Crippen molar-refractivity contribution in [3.05, 3.63) is 24.3 Å². The summed E-state index contributed by atoms with van der Waals surface area (Å²) in [6.45, 7) is 3.13. The van der Waals surface area contributed by atoms with Crippen molar-refractivity contribution < 1.29 is 4.79 Å². The molecule has 1 aromatic rings. The number of piperidine rings is 1. The largest absolute Gasteiger partial charge is 0.399 e. The molecule has 4 nitrogen and oxygen atoms in total. The fraction of sp³-hybridized carbons (Fsp3) is 0.500. The lowest BCUT2D eigenvalue weighted by atomic mass is 10.1. The normalized spacial score (nSPS) is 15.6. The molecule has 0 saturated carbocycles. The number of amides is 1. The van der Waals surface area contributed by atoms with E-state index in [0.717, 1.165) is 25.3 Å². The molecule has 0 radical (unpaired) electrons. The summed E-state index contributed by atoms with van der Waals surface area (Å²) in [5.41, 5.74) is 7.12. The van der Waals surface area contributed by atoms with E-state index in [2.05, 4.69) is 10.2 Å². The Morgan fingerprint density at radius 1 is 1.16 bits per heavy atom. The van der Waals surface area contributed by atoms with E-state index < -0.39 is 0 Å². The van der Waals surface area contributed by atoms with Crippen LogP contribution in [-0.4, -0.2) is 30.4 Å². The predicted molar refractivity (Wildman–Crippen MR) is 81.6 cm³/mol. The van der Waals surface area contributed by atoms with E-state index in [9.17, 15) is 4.79 Å². The summed E-state index contributed by atoms with van der Waals surface area (Å²) in [6.07, 6.45) is 4.41. The SMILES string of the molecule is Cl.Nc1ccc(NC(=O)CCN2CCCCC2)cc1. The van der Waals surface area contributed by atoms with Gasteiger partial charge in [0.15, 0.2) is 0 Å². The van der Waals surface area contributed by atoms with Crippen LogP contribution in [-0.2, 0) is 4.79 Å². The molecule has 0 aromatic heterocycles. The van der Waals surface area contributed by atoms with Crippen molar-refractivity contribution in [3.63, 3.8) is 0 Å². The molecule has 19 heavy (non-hydrogen) atoms. The van der Waals surface area contributed by atoms with E-state index in [1.807, 2.05) is 12.1 Å². The highest BCUT2D eigenvalue weighted by molar-refractivity contribution is 5.90. The van der Waals surface area contributed by atoms with Crippen LogP contribution in [0.25, 0.3) is 0 Å². The van der Waals surface area contributed by atoms with E-state index in [-0.39, 0.29) is 18.3 Å². The topological polar surface area (TPSA) is 58.4 Å². The van der Waals surface area contributed by atoms with Gasteiger partial charge < -0.3 is 16.0 Å². The minimum atomic E-state index is 0. The number of nitrogens with zero attached hydrogens (tertiary/aromatic N) is 1. The first-order valence-electron chi connectivity index (χ1n) is 6.62. The van der Waals surface area contributed by atoms with Crippen LogP contribution in [0.3, 0.4) is 0 Å². The molecule has 106 valence electrons. The van der Waals surface area contributed by atoms with Crippen molar-refractivity contribution in [2.24, 2.45) is 0 Å². The first-order valence-corrected chi connectivity index (χ1v) is 6.62. The zero-order chi connectivity index (χ0) is 12.8. The molecule has 0 atom stereocenters. The molecule has 1 heterocycles. The number of halogens is 1. The minimum absolute atomic E-state index is 0. The summed E-state index contributed by atoms with van der Waals surface area (Å²) in [4.78, 5) is 14.1. The van der Waals surface area contributed by atoms with Gasteiger partial charge in [0, 0.05) is 24.3 Å². The zero-order valence-electron chi connectivity index (χ0n) is 11.1. The van der Waals surface area contributed by atoms with Gasteiger partial charge in [0.05, 0.1) is 0 Å². The lowest BCUT2D eigenvalue weighted by molar-refractivity contribution is -0.116. The monoisotopic (exact) mass is 283 g/mol. The third-order valence-corrected chi connectivity index (χ3v) is 3.30. The fourth-order valence-corrected chi connectivity index (χ4v) is 2.23. The van der Waals surface area contributed by atoms with Gasteiger partial charge in [-0.15, -0.1) is 12.4 Å². The summed E-state index contributed by atoms with van der Waals surface area (Å²) in [7, 11) is 0. The summed E-state index contributed by atoms with van der Waals surface area (Å²) >= 11 is 0. The molecule has 0 bridgehead atoms. The van der Waals surface area contributed by atoms with Gasteiger partial charge in [-0.3, -0.25) is 4.79 Å². The second-order valence-electron chi connectivity index (χ2n) is 4.82. The Kier molecular flexibility index (Phi) is 6.67. The van der Waals surface area contributed by atoms with Gasteiger partial charge in [0.2, 0.25) is 5.91 Å². The zero-order valence-corrected chi connectivity index (χ0v) is 11.9. The molecule has 0 aliphatic carbocycles. The van der Waals surface area contributed by atoms with Crippen molar-refractivity contribution in [2.75, 3.05) is 30.7 Å². The van der Waals surface area contributed by atoms with E-state index in [1.165, 1.54) is 19.3 Å². The Balaban J connectivity index is 0.00000180. The van der Waals surface area contributed by atoms with E-state index in [1.54, 1.807) is 12.1 Å². The molecule has 1 aliphatic heterocycles. The number of likely N-dealkylation sites (tertiary alicyclic amines) is 1. The molecule has 2 rings (SSSR count). The lowest BCUT2D eigenvalue weighted by Gasteiger charge is -2.25. The van der Waals surface area contributed by atoms with Crippen LogP contribution < -0.4 is 11.1 Å². The van der Waals surface area contributed by atoms with Crippen LogP contribution in [0, 0.1) is 0 Å². The number of hydrogen-bond donors (Lipinski definition) is 2. The number of nitrogens with one attached hydrogen (secondary N) is 1. The highest BCUT2D eigenvalue weighted by Crippen LogP contribution is 2.12. The fourth-order valence-electron chi connectivity index (χ4n) is 2.23. The van der Waals surface area contributed by atoms with Gasteiger partial charge in [-0.1, -0.05) is 6.42 Å². The highest BCUT2D eigenvalue weighted by atomic mass is 35.5. The molecule has 1 aliphatic rings. The maximum Gasteiger partial charge on any atom is 0.225 e. The molecule has 5 heteroatoms. The molecular formula is C14H22ClN3O. The number of rotatable bonds is 4. The van der Waals surface area contributed by atoms with Crippen molar-refractivity contribution >= 4 is 29.7 Å². The van der Waals surface area contributed by atoms with Gasteiger partial charge in [0.25, 0.3) is 0 Å². The van der Waals surface area contributed by atoms with E-state index >= 15 is 0 Å². The number of benzene rings is 1. The number of nitrogen functional groups attached to an aromatic ring is 1. The van der Waals surface area contributed by atoms with Crippen LogP contribution in [0.5, 0.6) is 0 Å². The van der Waals surface area contributed by atoms with Crippen LogP contribution >= 0.6 is 12.4 Å². The summed E-state index contributed by atoms with van der Waals surface area (Å²) in [6, 6.07) is 7.24. The van der Waals surface area contributed by atoms with Crippen molar-refractivity contribution in [1.82, 2.24) is 4.90 Å². The Bertz CT molecular complexity index is 388. The molecule has 1 fully saturated rings. The Labute approximate surface area is 120 Å². The highest BCUT2D eigenvalue weighted by Gasteiger charge is 2.11. The maximum absolute atomic E-state index is 11.8. The molecule has 1 saturated heterocycles. The van der Waals surface area contributed by atoms with Gasteiger partial charge in [-0.2, -0.15) is 0 Å². The number of carbonyl (C=O) groups is 1. The van der Waals surface area contributed by atoms with Crippen LogP contribution in [0.1, 0.15) is 25.7 Å². The lowest BCUT2D eigenvalue weighted by Crippen LogP contribution is -2.32. The second-order valence-corrected chi connectivity index (χ2v) is 4.82. The number of carbonyl (C=O) groups excluding carboxylic acids is 1. The van der Waals surface area contributed by atoms with Crippen molar-refractivity contribution in [1.29, 1.82) is 0 Å². The molecular weight excluding hydrogens is 262 g/mol. The number of anilines is 2. The number of hydrogen-bond acceptors (Lipinski definition) is 3. The molecule has 3 N–H and O–H groups in total. The Hall–Kier alpha value is -1.26. The van der Waals surface area contributed by atoms with Crippen molar-refractivity contribution in [3.8, 4) is 0 Å². The summed E-state index contributed by atoms with van der Waals surface area (Å²) in [5, 5.41) is 2.89. The Morgan fingerprint density at radius 2 is 1.79 bits per heavy atom. The third kappa shape index (κ3) is 5.49. The smallest absolute Gasteiger partial charge is 0.225 e. The van der Waals surface area contributed by atoms with Crippen LogP contribution in [0.4, 0.5) is 11.4 Å². The molecule has 0 unspecified atom stereocenters.